The van der Waals surface area contributed by atoms with Gasteiger partial charge in [-0.3, -0.25) is 28.0 Å². The monoisotopic (exact) mass is 611 g/mol. The van der Waals surface area contributed by atoms with E-state index in [0.717, 1.165) is 10.9 Å². The first kappa shape index (κ1) is 28.0. The predicted molar refractivity (Wildman–Crippen MR) is 143 cm³/mol. The lowest BCUT2D eigenvalue weighted by Gasteiger charge is -2.52. The summed E-state index contributed by atoms with van der Waals surface area (Å²) < 4.78 is 32.2. The molecule has 0 aliphatic carbocycles. The minimum absolute atomic E-state index is 0.0156. The van der Waals surface area contributed by atoms with E-state index in [0.29, 0.717) is 17.3 Å². The van der Waals surface area contributed by atoms with Crippen LogP contribution in [0.3, 0.4) is 0 Å². The first-order valence-corrected chi connectivity index (χ1v) is 15.0. The van der Waals surface area contributed by atoms with Crippen LogP contribution in [0.1, 0.15) is 19.4 Å². The zero-order valence-electron chi connectivity index (χ0n) is 21.3. The molecule has 2 aliphatic heterocycles. The second-order valence-electron chi connectivity index (χ2n) is 9.84. The van der Waals surface area contributed by atoms with E-state index in [1.165, 1.54) is 12.7 Å². The van der Waals surface area contributed by atoms with Crippen LogP contribution in [0.25, 0.3) is 22.3 Å². The standard InChI is InChI=1S/C20H27N11O8P2/c1-7-11(32)12(17(34)30-5-27-10-15(30)28-19(22)29-16(10)33)39-41(35,36)37-3-20(23)8(2-40-7)18(38-20)31-6-26-9-13(21)24-4-25-14(9)31/h4-8,11-12,17-18,32,34,40H,2-3,23H2,1H3,(H,35,36)(H2,21,24,25)(H3,22,28,29,33)/t7?,8-,11+,12+,17+,18+,20+/m0/s1. The summed E-state index contributed by atoms with van der Waals surface area (Å²) in [5.41, 5.74) is 15.8. The number of nitrogens with one attached hydrogen (secondary N) is 1. The van der Waals surface area contributed by atoms with Crippen molar-refractivity contribution in [3.05, 3.63) is 29.3 Å². The molecule has 9 atom stereocenters. The van der Waals surface area contributed by atoms with E-state index in [9.17, 15) is 24.5 Å². The maximum Gasteiger partial charge on any atom is 0.472 e. The number of fused-ring (bicyclic) bond motifs is 3. The van der Waals surface area contributed by atoms with Gasteiger partial charge in [-0.05, 0) is 6.16 Å². The van der Waals surface area contributed by atoms with E-state index < -0.39 is 62.0 Å². The van der Waals surface area contributed by atoms with E-state index in [1.54, 1.807) is 11.5 Å². The number of ether oxygens (including phenoxy) is 1. The number of nitrogens with zero attached hydrogens (tertiary/aromatic N) is 7. The SMILES string of the molecule is CC1PC[C@H]2[C@H](n3cnc4c(N)ncnc43)O[C@]2(N)COP(=O)(O)O[C@@H]([C@@H](O)n2cnc3c(=O)[nH]c(N)nc32)[C@@H]1O. The second kappa shape index (κ2) is 10.0. The zero-order chi connectivity index (χ0) is 29.3. The number of phosphoric ester groups is 1. The van der Waals surface area contributed by atoms with E-state index in [4.69, 9.17) is 31.0 Å². The maximum atomic E-state index is 13.1. The van der Waals surface area contributed by atoms with Crippen molar-refractivity contribution >= 4 is 50.5 Å². The number of anilines is 2. The Kier molecular flexibility index (Phi) is 6.84. The lowest BCUT2D eigenvalue weighted by Crippen LogP contribution is -2.66. The van der Waals surface area contributed by atoms with Gasteiger partial charge in [0.2, 0.25) is 5.95 Å². The average Bonchev–Trinajstić information content (AvgIpc) is 3.53. The molecule has 0 saturated carbocycles. The molecule has 4 aromatic rings. The fourth-order valence-corrected chi connectivity index (χ4v) is 7.53. The first-order chi connectivity index (χ1) is 19.4. The number of aromatic nitrogens is 8. The molecule has 6 rings (SSSR count). The van der Waals surface area contributed by atoms with Crippen LogP contribution in [0.5, 0.6) is 0 Å². The Morgan fingerprint density at radius 3 is 2.76 bits per heavy atom. The summed E-state index contributed by atoms with van der Waals surface area (Å²) in [5, 5.41) is 22.5. The molecule has 10 N–H and O–H groups in total. The van der Waals surface area contributed by atoms with E-state index in [-0.39, 0.29) is 31.5 Å². The number of aliphatic hydroxyl groups excluding tert-OH is 2. The molecule has 0 bridgehead atoms. The smallest absolute Gasteiger partial charge is 0.390 e. The van der Waals surface area contributed by atoms with Gasteiger partial charge in [-0.15, -0.1) is 8.58 Å². The van der Waals surface area contributed by atoms with Crippen LogP contribution >= 0.6 is 16.4 Å². The zero-order valence-corrected chi connectivity index (χ0v) is 23.2. The topological polar surface area (TPSA) is 291 Å². The summed E-state index contributed by atoms with van der Waals surface area (Å²) in [4.78, 5) is 45.4. The number of hydrogen-bond acceptors (Lipinski definition) is 15. The third kappa shape index (κ3) is 4.78. The fraction of sp³-hybridized carbons (Fsp3) is 0.500. The molecule has 6 heterocycles. The summed E-state index contributed by atoms with van der Waals surface area (Å²) >= 11 is 0. The molecule has 41 heavy (non-hydrogen) atoms. The third-order valence-corrected chi connectivity index (χ3v) is 9.85. The number of nitrogens with two attached hydrogens (primary N) is 3. The second-order valence-corrected chi connectivity index (χ2v) is 13.0. The summed E-state index contributed by atoms with van der Waals surface area (Å²) in [6.07, 6.45) is -1.46. The summed E-state index contributed by atoms with van der Waals surface area (Å²) in [5.74, 6) is -0.529. The molecule has 2 aliphatic rings. The number of imidazole rings is 2. The normalized spacial score (nSPS) is 34.2. The Morgan fingerprint density at radius 1 is 1.22 bits per heavy atom. The highest BCUT2D eigenvalue weighted by atomic mass is 31.2. The molecule has 2 saturated heterocycles. The van der Waals surface area contributed by atoms with Crippen molar-refractivity contribution in [2.45, 2.75) is 43.0 Å². The predicted octanol–water partition coefficient (Wildman–Crippen LogP) is -1.64. The maximum absolute atomic E-state index is 13.1. The molecule has 220 valence electrons. The number of hydrogen-bond donors (Lipinski definition) is 7. The van der Waals surface area contributed by atoms with E-state index in [1.807, 2.05) is 0 Å². The van der Waals surface area contributed by atoms with Gasteiger partial charge in [0.25, 0.3) is 5.56 Å². The van der Waals surface area contributed by atoms with Gasteiger partial charge in [0, 0.05) is 5.66 Å². The van der Waals surface area contributed by atoms with Gasteiger partial charge < -0.3 is 37.0 Å². The van der Waals surface area contributed by atoms with Gasteiger partial charge >= 0.3 is 7.82 Å². The van der Waals surface area contributed by atoms with Crippen LogP contribution in [-0.2, 0) is 18.3 Å². The summed E-state index contributed by atoms with van der Waals surface area (Å²) in [6.45, 7) is 1.14. The Morgan fingerprint density at radius 2 is 1.98 bits per heavy atom. The average molecular weight is 611 g/mol. The summed E-state index contributed by atoms with van der Waals surface area (Å²) in [7, 11) is -4.94. The fourth-order valence-electron chi connectivity index (χ4n) is 4.96. The van der Waals surface area contributed by atoms with E-state index >= 15 is 0 Å². The van der Waals surface area contributed by atoms with Crippen molar-refractivity contribution in [3.63, 3.8) is 0 Å². The molecule has 0 aromatic carbocycles. The number of nitrogen functional groups attached to an aromatic ring is 2. The first-order valence-electron chi connectivity index (χ1n) is 12.3. The molecule has 19 nitrogen and oxygen atoms in total. The number of phosphoric acid groups is 1. The van der Waals surface area contributed by atoms with Crippen molar-refractivity contribution in [3.8, 4) is 0 Å². The van der Waals surface area contributed by atoms with Crippen LogP contribution < -0.4 is 22.8 Å². The highest BCUT2D eigenvalue weighted by Gasteiger charge is 2.56. The van der Waals surface area contributed by atoms with E-state index in [2.05, 4.69) is 29.9 Å². The molecule has 3 unspecified atom stereocenters. The highest BCUT2D eigenvalue weighted by Crippen LogP contribution is 2.53. The van der Waals surface area contributed by atoms with Crippen molar-refractivity contribution in [2.24, 2.45) is 11.7 Å². The Bertz CT molecular complexity index is 1730. The molecule has 0 spiro atoms. The van der Waals surface area contributed by atoms with Crippen LogP contribution in [0.2, 0.25) is 0 Å². The lowest BCUT2D eigenvalue weighted by atomic mass is 9.90. The van der Waals surface area contributed by atoms with Gasteiger partial charge in [-0.25, -0.2) is 24.5 Å². The molecule has 2 fully saturated rings. The van der Waals surface area contributed by atoms with Gasteiger partial charge in [-0.2, -0.15) is 4.98 Å². The van der Waals surface area contributed by atoms with Crippen molar-refractivity contribution < 1.29 is 33.5 Å². The number of rotatable bonds is 3. The van der Waals surface area contributed by atoms with Gasteiger partial charge in [0.15, 0.2) is 34.6 Å². The van der Waals surface area contributed by atoms with Gasteiger partial charge in [0.1, 0.15) is 30.8 Å². The Hall–Kier alpha value is -3.12. The van der Waals surface area contributed by atoms with Crippen LogP contribution in [0.15, 0.2) is 23.8 Å². The van der Waals surface area contributed by atoms with Crippen LogP contribution in [0.4, 0.5) is 11.8 Å². The quantitative estimate of drug-likeness (QED) is 0.128. The molecule has 0 amide bonds. The molecular weight excluding hydrogens is 584 g/mol. The number of H-pyrrole nitrogens is 1. The lowest BCUT2D eigenvalue weighted by molar-refractivity contribution is -0.293. The van der Waals surface area contributed by atoms with Crippen molar-refractivity contribution in [2.75, 3.05) is 24.2 Å². The molecule has 0 radical (unpaired) electrons. The molecule has 21 heteroatoms. The van der Waals surface area contributed by atoms with Gasteiger partial charge in [-0.1, -0.05) is 6.92 Å². The third-order valence-electron chi connectivity index (χ3n) is 7.22. The number of aliphatic hydroxyl groups is 2. The van der Waals surface area contributed by atoms with Crippen molar-refractivity contribution in [1.82, 2.24) is 39.0 Å². The minimum atomic E-state index is -4.96. The van der Waals surface area contributed by atoms with Crippen LogP contribution in [-0.4, -0.2) is 90.5 Å². The van der Waals surface area contributed by atoms with Crippen LogP contribution in [0, 0.1) is 5.92 Å². The molecule has 4 aromatic heterocycles. The summed E-state index contributed by atoms with van der Waals surface area (Å²) in [6, 6.07) is 0. The molecular formula is C20H27N11O8P2. The Balaban J connectivity index is 1.31. The minimum Gasteiger partial charge on any atom is -0.390 e. The van der Waals surface area contributed by atoms with Crippen molar-refractivity contribution in [1.29, 1.82) is 0 Å². The van der Waals surface area contributed by atoms with Gasteiger partial charge in [0.05, 0.1) is 24.7 Å². The largest absolute Gasteiger partial charge is 0.472 e. The highest BCUT2D eigenvalue weighted by molar-refractivity contribution is 7.47. The Labute approximate surface area is 231 Å². The number of aromatic amines is 1.